The third-order valence-corrected chi connectivity index (χ3v) is 5.53. The lowest BCUT2D eigenvalue weighted by Gasteiger charge is -2.07. The van der Waals surface area contributed by atoms with Gasteiger partial charge >= 0.3 is 5.97 Å². The van der Waals surface area contributed by atoms with Gasteiger partial charge in [-0.25, -0.2) is 14.5 Å². The van der Waals surface area contributed by atoms with Crippen LogP contribution in [0.15, 0.2) is 90.0 Å². The van der Waals surface area contributed by atoms with E-state index in [0.29, 0.717) is 28.3 Å². The zero-order valence-corrected chi connectivity index (χ0v) is 19.2. The maximum absolute atomic E-state index is 13.2. The van der Waals surface area contributed by atoms with Crippen molar-refractivity contribution in [3.8, 4) is 22.7 Å². The lowest BCUT2D eigenvalue weighted by molar-refractivity contribution is 0.0468. The van der Waals surface area contributed by atoms with Crippen molar-refractivity contribution in [2.24, 2.45) is 0 Å². The molecule has 5 aromatic rings. The molecule has 0 aliphatic heterocycles. The molecule has 0 fully saturated rings. The van der Waals surface area contributed by atoms with Crippen LogP contribution in [0.4, 0.5) is 0 Å². The normalized spacial score (nSPS) is 10.9. The van der Waals surface area contributed by atoms with Gasteiger partial charge in [0.05, 0.1) is 18.5 Å². The number of fused-ring (bicyclic) bond motifs is 1. The molecule has 0 aliphatic carbocycles. The Hall–Kier alpha value is -4.72. The second-order valence-electron chi connectivity index (χ2n) is 8.00. The van der Waals surface area contributed by atoms with E-state index in [1.54, 1.807) is 42.4 Å². The maximum Gasteiger partial charge on any atom is 0.342 e. The van der Waals surface area contributed by atoms with E-state index in [9.17, 15) is 9.59 Å². The Morgan fingerprint density at radius 3 is 2.49 bits per heavy atom. The second kappa shape index (κ2) is 9.26. The monoisotopic (exact) mass is 466 g/mol. The minimum Gasteiger partial charge on any atom is -0.497 e. The van der Waals surface area contributed by atoms with E-state index >= 15 is 0 Å². The Labute approximate surface area is 201 Å². The van der Waals surface area contributed by atoms with Crippen LogP contribution in [0, 0.1) is 6.92 Å². The largest absolute Gasteiger partial charge is 0.497 e. The van der Waals surface area contributed by atoms with Gasteiger partial charge in [0.15, 0.2) is 0 Å². The summed E-state index contributed by atoms with van der Waals surface area (Å²) < 4.78 is 13.9. The zero-order chi connectivity index (χ0) is 24.4. The van der Waals surface area contributed by atoms with Crippen LogP contribution >= 0.6 is 0 Å². The van der Waals surface area contributed by atoms with E-state index in [-0.39, 0.29) is 12.2 Å². The summed E-state index contributed by atoms with van der Waals surface area (Å²) >= 11 is 0. The fraction of sp³-hybridized carbons (Fsp3) is 0.111. The molecule has 35 heavy (non-hydrogen) atoms. The Bertz CT molecular complexity index is 1570. The number of ether oxygens (including phenoxy) is 2. The van der Waals surface area contributed by atoms with Gasteiger partial charge in [-0.3, -0.25) is 9.20 Å². The lowest BCUT2D eigenvalue weighted by Crippen LogP contribution is -2.17. The number of pyridine rings is 1. The number of benzene rings is 2. The molecule has 3 heterocycles. The number of rotatable bonds is 6. The molecule has 0 spiro atoms. The standard InChI is InChI=1S/C27H22N4O4/c1-18-8-13-24-28-20(14-25(32)30(24)15-18)17-35-27(33)23-16-31(21-6-4-3-5-7-21)29-26(23)19-9-11-22(34-2)12-10-19/h3-16H,17H2,1-2H3. The summed E-state index contributed by atoms with van der Waals surface area (Å²) in [7, 11) is 1.59. The molecule has 0 bridgehead atoms. The van der Waals surface area contributed by atoms with Crippen LogP contribution in [0.1, 0.15) is 21.6 Å². The fourth-order valence-corrected chi connectivity index (χ4v) is 3.75. The van der Waals surface area contributed by atoms with Gasteiger partial charge in [-0.15, -0.1) is 0 Å². The second-order valence-corrected chi connectivity index (χ2v) is 8.00. The number of esters is 1. The van der Waals surface area contributed by atoms with Gasteiger partial charge in [-0.05, 0) is 55.0 Å². The number of aryl methyl sites for hydroxylation is 1. The molecule has 5 rings (SSSR count). The predicted molar refractivity (Wildman–Crippen MR) is 131 cm³/mol. The van der Waals surface area contributed by atoms with Crippen LogP contribution in [-0.2, 0) is 11.3 Å². The first kappa shape index (κ1) is 22.1. The van der Waals surface area contributed by atoms with Gasteiger partial charge in [0.25, 0.3) is 5.56 Å². The minimum atomic E-state index is -0.566. The van der Waals surface area contributed by atoms with Crippen molar-refractivity contribution in [1.29, 1.82) is 0 Å². The first-order valence-corrected chi connectivity index (χ1v) is 11.0. The molecule has 0 N–H and O–H groups in total. The Kier molecular flexibility index (Phi) is 5.85. The summed E-state index contributed by atoms with van der Waals surface area (Å²) in [6, 6.07) is 21.8. The first-order chi connectivity index (χ1) is 17.0. The van der Waals surface area contributed by atoms with E-state index in [2.05, 4.69) is 10.1 Å². The highest BCUT2D eigenvalue weighted by Gasteiger charge is 2.20. The predicted octanol–water partition coefficient (Wildman–Crippen LogP) is 4.22. The van der Waals surface area contributed by atoms with Gasteiger partial charge in [0.2, 0.25) is 0 Å². The molecule has 0 unspecified atom stereocenters. The molecule has 174 valence electrons. The fourth-order valence-electron chi connectivity index (χ4n) is 3.75. The number of carbonyl (C=O) groups excluding carboxylic acids is 1. The molecule has 8 nitrogen and oxygen atoms in total. The van der Waals surface area contributed by atoms with Crippen molar-refractivity contribution in [3.05, 3.63) is 112 Å². The summed E-state index contributed by atoms with van der Waals surface area (Å²) in [6.45, 7) is 1.76. The third kappa shape index (κ3) is 4.54. The van der Waals surface area contributed by atoms with Gasteiger partial charge in [-0.2, -0.15) is 5.10 Å². The summed E-state index contributed by atoms with van der Waals surface area (Å²) in [5.41, 5.74) is 3.89. The summed E-state index contributed by atoms with van der Waals surface area (Å²) in [5.74, 6) is 0.133. The number of hydrogen-bond acceptors (Lipinski definition) is 6. The van der Waals surface area contributed by atoms with Gasteiger partial charge in [-0.1, -0.05) is 24.3 Å². The summed E-state index contributed by atoms with van der Waals surface area (Å²) in [5, 5.41) is 4.65. The van der Waals surface area contributed by atoms with Crippen molar-refractivity contribution in [3.63, 3.8) is 0 Å². The quantitative estimate of drug-likeness (QED) is 0.348. The molecule has 0 saturated carbocycles. The smallest absolute Gasteiger partial charge is 0.342 e. The van der Waals surface area contributed by atoms with E-state index in [4.69, 9.17) is 9.47 Å². The minimum absolute atomic E-state index is 0.142. The number of nitrogens with zero attached hydrogens (tertiary/aromatic N) is 4. The lowest BCUT2D eigenvalue weighted by atomic mass is 10.1. The average Bonchev–Trinajstić information content (AvgIpc) is 3.34. The highest BCUT2D eigenvalue weighted by Crippen LogP contribution is 2.26. The molecular weight excluding hydrogens is 444 g/mol. The first-order valence-electron chi connectivity index (χ1n) is 11.0. The molecular formula is C27H22N4O4. The summed E-state index contributed by atoms with van der Waals surface area (Å²) in [6.07, 6.45) is 3.36. The van der Waals surface area contributed by atoms with Crippen LogP contribution in [0.3, 0.4) is 0 Å². The van der Waals surface area contributed by atoms with E-state index in [0.717, 1.165) is 16.8 Å². The van der Waals surface area contributed by atoms with Crippen LogP contribution < -0.4 is 10.3 Å². The average molecular weight is 466 g/mol. The van der Waals surface area contributed by atoms with Crippen molar-refractivity contribution in [2.75, 3.05) is 7.11 Å². The number of aromatic nitrogens is 4. The topological polar surface area (TPSA) is 87.7 Å². The van der Waals surface area contributed by atoms with Gasteiger partial charge in [0, 0.05) is 24.0 Å². The van der Waals surface area contributed by atoms with Crippen LogP contribution in [0.2, 0.25) is 0 Å². The highest BCUT2D eigenvalue weighted by atomic mass is 16.5. The maximum atomic E-state index is 13.2. The molecule has 0 aliphatic rings. The summed E-state index contributed by atoms with van der Waals surface area (Å²) in [4.78, 5) is 30.1. The zero-order valence-electron chi connectivity index (χ0n) is 19.2. The molecule has 2 aromatic carbocycles. The Morgan fingerprint density at radius 2 is 1.74 bits per heavy atom. The highest BCUT2D eigenvalue weighted by molar-refractivity contribution is 5.96. The molecule has 8 heteroatoms. The Morgan fingerprint density at radius 1 is 0.971 bits per heavy atom. The van der Waals surface area contributed by atoms with Crippen LogP contribution in [0.5, 0.6) is 5.75 Å². The number of carbonyl (C=O) groups is 1. The van der Waals surface area contributed by atoms with Crippen molar-refractivity contribution in [1.82, 2.24) is 19.2 Å². The van der Waals surface area contributed by atoms with Crippen molar-refractivity contribution < 1.29 is 14.3 Å². The molecule has 0 atom stereocenters. The van der Waals surface area contributed by atoms with Crippen molar-refractivity contribution >= 4 is 11.6 Å². The van der Waals surface area contributed by atoms with E-state index < -0.39 is 5.97 Å². The Balaban J connectivity index is 1.46. The van der Waals surface area contributed by atoms with Gasteiger partial charge in [0.1, 0.15) is 29.3 Å². The van der Waals surface area contributed by atoms with E-state index in [1.807, 2.05) is 55.5 Å². The van der Waals surface area contributed by atoms with Crippen LogP contribution in [0.25, 0.3) is 22.6 Å². The van der Waals surface area contributed by atoms with Crippen LogP contribution in [-0.4, -0.2) is 32.2 Å². The third-order valence-electron chi connectivity index (χ3n) is 5.53. The number of hydrogen-bond donors (Lipinski definition) is 0. The number of methoxy groups -OCH3 is 1. The van der Waals surface area contributed by atoms with E-state index in [1.165, 1.54) is 10.5 Å². The molecule has 3 aromatic heterocycles. The molecule has 0 radical (unpaired) electrons. The van der Waals surface area contributed by atoms with Gasteiger partial charge < -0.3 is 9.47 Å². The molecule has 0 amide bonds. The molecule has 0 saturated heterocycles. The SMILES string of the molecule is COc1ccc(-c2nn(-c3ccccc3)cc2C(=O)OCc2cc(=O)n3cc(C)ccc3n2)cc1. The van der Waals surface area contributed by atoms with Crippen molar-refractivity contribution in [2.45, 2.75) is 13.5 Å². The number of para-hydroxylation sites is 1.